The van der Waals surface area contributed by atoms with Crippen molar-refractivity contribution < 1.29 is 13.6 Å². The minimum absolute atomic E-state index is 0.0351. The number of anilines is 1. The first-order chi connectivity index (χ1) is 12.6. The van der Waals surface area contributed by atoms with Crippen LogP contribution in [0.5, 0.6) is 0 Å². The highest BCUT2D eigenvalue weighted by Crippen LogP contribution is 2.24. The molecule has 3 aromatic rings. The summed E-state index contributed by atoms with van der Waals surface area (Å²) in [6, 6.07) is 9.17. The third kappa shape index (κ3) is 3.30. The smallest absolute Gasteiger partial charge is 0.241 e. The molecule has 1 atom stereocenters. The molecule has 3 N–H and O–H groups in total. The predicted octanol–water partition coefficient (Wildman–Crippen LogP) is 3.59. The SMILES string of the molecule is O=C(Nc1ccc(-c2nc3cc(F)c(F)cc3[nH]2)cc1)[C@H]1CCCCN1. The van der Waals surface area contributed by atoms with Gasteiger partial charge in [-0.05, 0) is 43.7 Å². The number of carbonyl (C=O) groups excluding carboxylic acids is 1. The van der Waals surface area contributed by atoms with Crippen LogP contribution in [0.4, 0.5) is 14.5 Å². The highest BCUT2D eigenvalue weighted by molar-refractivity contribution is 5.95. The Balaban J connectivity index is 1.51. The Hall–Kier alpha value is -2.80. The molecule has 4 rings (SSSR count). The molecular weight excluding hydrogens is 338 g/mol. The van der Waals surface area contributed by atoms with E-state index in [-0.39, 0.29) is 11.9 Å². The van der Waals surface area contributed by atoms with Gasteiger partial charge in [-0.3, -0.25) is 4.79 Å². The summed E-state index contributed by atoms with van der Waals surface area (Å²) in [5.74, 6) is -1.36. The molecule has 0 bridgehead atoms. The number of benzene rings is 2. The van der Waals surface area contributed by atoms with Crippen LogP contribution in [0.3, 0.4) is 0 Å². The molecule has 1 amide bonds. The number of imidazole rings is 1. The third-order valence-electron chi connectivity index (χ3n) is 4.58. The Labute approximate surface area is 148 Å². The standard InChI is InChI=1S/C19H18F2N4O/c20-13-9-16-17(10-14(13)21)25-18(24-16)11-4-6-12(7-5-11)23-19(26)15-3-1-2-8-22-15/h4-7,9-10,15,22H,1-3,8H2,(H,23,26)(H,24,25)/t15-/m1/s1. The fourth-order valence-corrected chi connectivity index (χ4v) is 3.16. The van der Waals surface area contributed by atoms with Crippen molar-refractivity contribution in [2.45, 2.75) is 25.3 Å². The Morgan fingerprint density at radius 2 is 1.88 bits per heavy atom. The van der Waals surface area contributed by atoms with Crippen LogP contribution in [0.15, 0.2) is 36.4 Å². The number of rotatable bonds is 3. The molecule has 1 fully saturated rings. The van der Waals surface area contributed by atoms with E-state index in [9.17, 15) is 13.6 Å². The first kappa shape index (κ1) is 16.7. The summed E-state index contributed by atoms with van der Waals surface area (Å²) in [5.41, 5.74) is 2.24. The molecule has 1 aliphatic rings. The van der Waals surface area contributed by atoms with Gasteiger partial charge in [0.1, 0.15) is 5.82 Å². The summed E-state index contributed by atoms with van der Waals surface area (Å²) in [7, 11) is 0. The van der Waals surface area contributed by atoms with Crippen molar-refractivity contribution in [1.82, 2.24) is 15.3 Å². The zero-order valence-corrected chi connectivity index (χ0v) is 14.0. The van der Waals surface area contributed by atoms with Crippen LogP contribution in [-0.4, -0.2) is 28.5 Å². The highest BCUT2D eigenvalue weighted by Gasteiger charge is 2.20. The molecule has 7 heteroatoms. The summed E-state index contributed by atoms with van der Waals surface area (Å²) < 4.78 is 26.6. The van der Waals surface area contributed by atoms with Crippen molar-refractivity contribution in [2.24, 2.45) is 0 Å². The Bertz CT molecular complexity index is 907. The monoisotopic (exact) mass is 356 g/mol. The van der Waals surface area contributed by atoms with Crippen LogP contribution in [0.1, 0.15) is 19.3 Å². The van der Waals surface area contributed by atoms with E-state index < -0.39 is 11.6 Å². The van der Waals surface area contributed by atoms with E-state index in [0.29, 0.717) is 22.5 Å². The predicted molar refractivity (Wildman–Crippen MR) is 95.7 cm³/mol. The second-order valence-corrected chi connectivity index (χ2v) is 6.44. The molecule has 5 nitrogen and oxygen atoms in total. The van der Waals surface area contributed by atoms with Crippen molar-refractivity contribution in [3.05, 3.63) is 48.0 Å². The van der Waals surface area contributed by atoms with E-state index in [1.54, 1.807) is 24.3 Å². The van der Waals surface area contributed by atoms with Gasteiger partial charge in [-0.15, -0.1) is 0 Å². The molecule has 0 aliphatic carbocycles. The van der Waals surface area contributed by atoms with Crippen LogP contribution in [0.2, 0.25) is 0 Å². The van der Waals surface area contributed by atoms with Gasteiger partial charge in [-0.2, -0.15) is 0 Å². The second-order valence-electron chi connectivity index (χ2n) is 6.44. The topological polar surface area (TPSA) is 69.8 Å². The summed E-state index contributed by atoms with van der Waals surface area (Å²) in [5, 5.41) is 6.11. The van der Waals surface area contributed by atoms with Crippen molar-refractivity contribution in [1.29, 1.82) is 0 Å². The van der Waals surface area contributed by atoms with Crippen molar-refractivity contribution >= 4 is 22.6 Å². The largest absolute Gasteiger partial charge is 0.338 e. The summed E-state index contributed by atoms with van der Waals surface area (Å²) in [6.07, 6.45) is 3.00. The van der Waals surface area contributed by atoms with Crippen molar-refractivity contribution in [2.75, 3.05) is 11.9 Å². The van der Waals surface area contributed by atoms with Gasteiger partial charge < -0.3 is 15.6 Å². The number of piperidine rings is 1. The van der Waals surface area contributed by atoms with Crippen LogP contribution >= 0.6 is 0 Å². The average Bonchev–Trinajstić information content (AvgIpc) is 3.06. The number of H-pyrrole nitrogens is 1. The maximum Gasteiger partial charge on any atom is 0.241 e. The van der Waals surface area contributed by atoms with Crippen molar-refractivity contribution in [3.63, 3.8) is 0 Å². The van der Waals surface area contributed by atoms with E-state index in [2.05, 4.69) is 20.6 Å². The maximum absolute atomic E-state index is 13.3. The van der Waals surface area contributed by atoms with Crippen LogP contribution in [-0.2, 0) is 4.79 Å². The summed E-state index contributed by atoms with van der Waals surface area (Å²) in [4.78, 5) is 19.5. The zero-order chi connectivity index (χ0) is 18.1. The number of hydrogen-bond donors (Lipinski definition) is 3. The normalized spacial score (nSPS) is 17.4. The van der Waals surface area contributed by atoms with E-state index in [1.165, 1.54) is 0 Å². The lowest BCUT2D eigenvalue weighted by Crippen LogP contribution is -2.43. The van der Waals surface area contributed by atoms with Gasteiger partial charge in [0.2, 0.25) is 5.91 Å². The lowest BCUT2D eigenvalue weighted by molar-refractivity contribution is -0.118. The number of aromatic nitrogens is 2. The van der Waals surface area contributed by atoms with E-state index >= 15 is 0 Å². The van der Waals surface area contributed by atoms with Gasteiger partial charge in [0.25, 0.3) is 0 Å². The number of aromatic amines is 1. The minimum atomic E-state index is -0.926. The number of fused-ring (bicyclic) bond motifs is 1. The first-order valence-electron chi connectivity index (χ1n) is 8.59. The molecule has 2 aromatic carbocycles. The fraction of sp³-hybridized carbons (Fsp3) is 0.263. The number of halogens is 2. The number of amides is 1. The number of carbonyl (C=O) groups is 1. The van der Waals surface area contributed by atoms with Crippen LogP contribution < -0.4 is 10.6 Å². The Kier molecular flexibility index (Phi) is 4.38. The summed E-state index contributed by atoms with van der Waals surface area (Å²) >= 11 is 0. The van der Waals surface area contributed by atoms with E-state index in [4.69, 9.17) is 0 Å². The second kappa shape index (κ2) is 6.84. The van der Waals surface area contributed by atoms with Gasteiger partial charge in [-0.25, -0.2) is 13.8 Å². The minimum Gasteiger partial charge on any atom is -0.338 e. The van der Waals surface area contributed by atoms with E-state index in [0.717, 1.165) is 43.5 Å². The molecule has 134 valence electrons. The zero-order valence-electron chi connectivity index (χ0n) is 14.0. The van der Waals surface area contributed by atoms with Gasteiger partial charge in [0, 0.05) is 23.4 Å². The van der Waals surface area contributed by atoms with Crippen LogP contribution in [0.25, 0.3) is 22.4 Å². The number of hydrogen-bond acceptors (Lipinski definition) is 3. The van der Waals surface area contributed by atoms with Crippen LogP contribution in [0, 0.1) is 11.6 Å². The van der Waals surface area contributed by atoms with Gasteiger partial charge in [0.15, 0.2) is 11.6 Å². The average molecular weight is 356 g/mol. The molecule has 26 heavy (non-hydrogen) atoms. The fourth-order valence-electron chi connectivity index (χ4n) is 3.16. The quantitative estimate of drug-likeness (QED) is 0.672. The molecule has 1 saturated heterocycles. The molecule has 0 spiro atoms. The molecule has 0 saturated carbocycles. The molecule has 1 aromatic heterocycles. The highest BCUT2D eigenvalue weighted by atomic mass is 19.2. The number of nitrogens with one attached hydrogen (secondary N) is 3. The van der Waals surface area contributed by atoms with Gasteiger partial charge >= 0.3 is 0 Å². The maximum atomic E-state index is 13.3. The third-order valence-corrected chi connectivity index (χ3v) is 4.58. The Morgan fingerprint density at radius 1 is 1.12 bits per heavy atom. The Morgan fingerprint density at radius 3 is 2.62 bits per heavy atom. The molecule has 2 heterocycles. The lowest BCUT2D eigenvalue weighted by atomic mass is 10.0. The molecule has 0 unspecified atom stereocenters. The summed E-state index contributed by atoms with van der Waals surface area (Å²) in [6.45, 7) is 0.865. The number of nitrogens with zero attached hydrogens (tertiary/aromatic N) is 1. The lowest BCUT2D eigenvalue weighted by Gasteiger charge is -2.22. The van der Waals surface area contributed by atoms with Crippen molar-refractivity contribution in [3.8, 4) is 11.4 Å². The molecule has 0 radical (unpaired) electrons. The molecular formula is C19H18F2N4O. The first-order valence-corrected chi connectivity index (χ1v) is 8.59. The van der Waals surface area contributed by atoms with E-state index in [1.807, 2.05) is 0 Å². The van der Waals surface area contributed by atoms with Gasteiger partial charge in [0.05, 0.1) is 17.1 Å². The van der Waals surface area contributed by atoms with Gasteiger partial charge in [-0.1, -0.05) is 6.42 Å². The molecule has 1 aliphatic heterocycles.